The van der Waals surface area contributed by atoms with E-state index in [0.29, 0.717) is 6.54 Å². The fourth-order valence-corrected chi connectivity index (χ4v) is 6.82. The summed E-state index contributed by atoms with van der Waals surface area (Å²) in [6.45, 7) is 24.0. The minimum Gasteiger partial charge on any atom is -0.513 e. The normalized spacial score (nSPS) is 16.0. The minimum atomic E-state index is -0.144. The van der Waals surface area contributed by atoms with Crippen LogP contribution in [0.2, 0.25) is 0 Å². The zero-order valence-electron chi connectivity index (χ0n) is 29.9. The smallest absolute Gasteiger partial charge is 0.0894 e. The van der Waals surface area contributed by atoms with E-state index in [4.69, 9.17) is 4.99 Å². The van der Waals surface area contributed by atoms with E-state index in [1.165, 1.54) is 22.3 Å². The Labute approximate surface area is 293 Å². The number of hydrogen-bond acceptors (Lipinski definition) is 5. The van der Waals surface area contributed by atoms with Crippen LogP contribution in [0, 0.1) is 6.92 Å². The molecule has 1 aliphatic rings. The summed E-state index contributed by atoms with van der Waals surface area (Å²) >= 11 is 0. The van der Waals surface area contributed by atoms with Gasteiger partial charge in [-0.2, -0.15) is 0 Å². The van der Waals surface area contributed by atoms with Gasteiger partial charge < -0.3 is 15.3 Å². The van der Waals surface area contributed by atoms with Crippen LogP contribution in [-0.4, -0.2) is 35.4 Å². The van der Waals surface area contributed by atoms with Crippen molar-refractivity contribution < 1.29 is 5.11 Å². The Hall–Kier alpha value is -5.16. The van der Waals surface area contributed by atoms with Crippen LogP contribution in [0.25, 0.3) is 11.1 Å². The second-order valence-corrected chi connectivity index (χ2v) is 14.1. The molecule has 0 fully saturated rings. The first-order valence-corrected chi connectivity index (χ1v) is 17.0. The number of aliphatic imine (C=N–C) groups is 1. The average molecular weight is 651 g/mol. The quantitative estimate of drug-likeness (QED) is 0.0910. The van der Waals surface area contributed by atoms with E-state index in [2.05, 4.69) is 142 Å². The molecular weight excluding hydrogens is 601 g/mol. The third-order valence-electron chi connectivity index (χ3n) is 9.26. The number of nitrogens with one attached hydrogen (secondary N) is 1. The molecule has 0 aliphatic carbocycles. The van der Waals surface area contributed by atoms with Gasteiger partial charge in [0.2, 0.25) is 0 Å². The summed E-state index contributed by atoms with van der Waals surface area (Å²) in [5.74, 6) is 0.376. The SMILES string of the molecule is C=CC1=NC(C(=C)CN(C)c2ccnc(C)c2Nc2ccc(-c3ccccc3)cc2C(C)(C)C)C(CCC(=C)/C=C(\C)O)c2ccccc21. The lowest BCUT2D eigenvalue weighted by molar-refractivity contribution is 0.413. The number of aromatic nitrogens is 1. The van der Waals surface area contributed by atoms with Crippen molar-refractivity contribution in [1.29, 1.82) is 0 Å². The van der Waals surface area contributed by atoms with Gasteiger partial charge in [-0.1, -0.05) is 107 Å². The molecule has 0 saturated heterocycles. The summed E-state index contributed by atoms with van der Waals surface area (Å²) in [7, 11) is 2.11. The molecule has 1 aliphatic heterocycles. The van der Waals surface area contributed by atoms with Crippen LogP contribution in [0.5, 0.6) is 0 Å². The number of hydrogen-bond donors (Lipinski definition) is 2. The van der Waals surface area contributed by atoms with Gasteiger partial charge in [0.05, 0.1) is 34.6 Å². The number of aryl methyl sites for hydroxylation is 1. The lowest BCUT2D eigenvalue weighted by Crippen LogP contribution is -2.32. The van der Waals surface area contributed by atoms with Crippen LogP contribution in [-0.2, 0) is 5.41 Å². The summed E-state index contributed by atoms with van der Waals surface area (Å²) in [6.07, 6.45) is 7.03. The van der Waals surface area contributed by atoms with Gasteiger partial charge >= 0.3 is 0 Å². The summed E-state index contributed by atoms with van der Waals surface area (Å²) in [5, 5.41) is 13.6. The Morgan fingerprint density at radius 1 is 0.980 bits per heavy atom. The number of rotatable bonds is 12. The van der Waals surface area contributed by atoms with Gasteiger partial charge in [0.15, 0.2) is 0 Å². The average Bonchev–Trinajstić information content (AvgIpc) is 3.07. The summed E-state index contributed by atoms with van der Waals surface area (Å²) < 4.78 is 0. The number of allylic oxidation sites excluding steroid dienone is 4. The zero-order chi connectivity index (χ0) is 35.3. The molecule has 2 heterocycles. The Balaban J connectivity index is 1.45. The van der Waals surface area contributed by atoms with Crippen LogP contribution >= 0.6 is 0 Å². The lowest BCUT2D eigenvalue weighted by atomic mass is 9.78. The first-order chi connectivity index (χ1) is 23.4. The first-order valence-electron chi connectivity index (χ1n) is 17.0. The van der Waals surface area contributed by atoms with Crippen LogP contribution in [0.4, 0.5) is 17.1 Å². The summed E-state index contributed by atoms with van der Waals surface area (Å²) in [6, 6.07) is 27.6. The zero-order valence-corrected chi connectivity index (χ0v) is 29.9. The first kappa shape index (κ1) is 35.2. The number of fused-ring (bicyclic) bond motifs is 1. The number of benzene rings is 3. The molecule has 5 rings (SSSR count). The number of anilines is 3. The molecule has 5 nitrogen and oxygen atoms in total. The molecule has 0 amide bonds. The lowest BCUT2D eigenvalue weighted by Gasteiger charge is -2.35. The topological polar surface area (TPSA) is 60.8 Å². The Bertz CT molecular complexity index is 1910. The van der Waals surface area contributed by atoms with E-state index in [1.807, 2.05) is 19.2 Å². The van der Waals surface area contributed by atoms with Crippen LogP contribution < -0.4 is 10.2 Å². The van der Waals surface area contributed by atoms with E-state index in [0.717, 1.165) is 58.0 Å². The van der Waals surface area contributed by atoms with Crippen molar-refractivity contribution in [3.63, 3.8) is 0 Å². The van der Waals surface area contributed by atoms with Gasteiger partial charge in [0.1, 0.15) is 0 Å². The monoisotopic (exact) mass is 650 g/mol. The van der Waals surface area contributed by atoms with Crippen molar-refractivity contribution >= 4 is 22.8 Å². The molecule has 0 spiro atoms. The fraction of sp³-hybridized carbons (Fsp3) is 0.273. The van der Waals surface area contributed by atoms with Crippen molar-refractivity contribution in [2.24, 2.45) is 4.99 Å². The van der Waals surface area contributed by atoms with Crippen molar-refractivity contribution in [2.45, 2.75) is 64.8 Å². The van der Waals surface area contributed by atoms with Gasteiger partial charge in [-0.3, -0.25) is 9.98 Å². The third kappa shape index (κ3) is 8.11. The third-order valence-corrected chi connectivity index (χ3v) is 9.26. The number of pyridine rings is 1. The van der Waals surface area contributed by atoms with Crippen molar-refractivity contribution in [2.75, 3.05) is 23.8 Å². The number of nitrogens with zero attached hydrogens (tertiary/aromatic N) is 3. The van der Waals surface area contributed by atoms with E-state index >= 15 is 0 Å². The van der Waals surface area contributed by atoms with Gasteiger partial charge in [-0.25, -0.2) is 0 Å². The largest absolute Gasteiger partial charge is 0.513 e. The highest BCUT2D eigenvalue weighted by molar-refractivity contribution is 6.10. The molecule has 2 N–H and O–H groups in total. The van der Waals surface area contributed by atoms with Crippen molar-refractivity contribution in [1.82, 2.24) is 4.98 Å². The molecule has 4 aromatic rings. The Morgan fingerprint density at radius 2 is 1.69 bits per heavy atom. The molecule has 49 heavy (non-hydrogen) atoms. The fourth-order valence-electron chi connectivity index (χ4n) is 6.82. The maximum atomic E-state index is 9.82. The summed E-state index contributed by atoms with van der Waals surface area (Å²) in [5.41, 5.74) is 12.7. The predicted molar refractivity (Wildman–Crippen MR) is 210 cm³/mol. The predicted octanol–water partition coefficient (Wildman–Crippen LogP) is 11.0. The van der Waals surface area contributed by atoms with E-state index in [1.54, 1.807) is 13.0 Å². The molecule has 1 aromatic heterocycles. The Morgan fingerprint density at radius 3 is 2.39 bits per heavy atom. The molecule has 3 aromatic carbocycles. The van der Waals surface area contributed by atoms with Crippen molar-refractivity contribution in [3.8, 4) is 11.1 Å². The number of aliphatic hydroxyl groups is 1. The maximum Gasteiger partial charge on any atom is 0.0894 e. The molecule has 0 saturated carbocycles. The summed E-state index contributed by atoms with van der Waals surface area (Å²) in [4.78, 5) is 12.2. The molecule has 0 radical (unpaired) electrons. The molecule has 252 valence electrons. The number of likely N-dealkylation sites (N-methyl/N-ethyl adjacent to an activating group) is 1. The van der Waals surface area contributed by atoms with Crippen LogP contribution in [0.1, 0.15) is 68.8 Å². The molecular formula is C44H50N4O. The molecule has 5 heteroatoms. The van der Waals surface area contributed by atoms with E-state index in [9.17, 15) is 5.11 Å². The van der Waals surface area contributed by atoms with E-state index in [-0.39, 0.29) is 23.1 Å². The van der Waals surface area contributed by atoms with E-state index < -0.39 is 0 Å². The Kier molecular flexibility index (Phi) is 10.7. The van der Waals surface area contributed by atoms with Gasteiger partial charge in [-0.15, -0.1) is 0 Å². The molecule has 2 atom stereocenters. The number of aliphatic hydroxyl groups excluding tert-OH is 1. The van der Waals surface area contributed by atoms with Gasteiger partial charge in [0, 0.05) is 37.0 Å². The van der Waals surface area contributed by atoms with Gasteiger partial charge in [-0.05, 0) is 90.3 Å². The molecule has 0 bridgehead atoms. The second-order valence-electron chi connectivity index (χ2n) is 14.1. The minimum absolute atomic E-state index is 0.0896. The van der Waals surface area contributed by atoms with Crippen LogP contribution in [0.3, 0.4) is 0 Å². The maximum absolute atomic E-state index is 9.82. The molecule has 2 unspecified atom stereocenters. The van der Waals surface area contributed by atoms with Crippen molar-refractivity contribution in [3.05, 3.63) is 156 Å². The highest BCUT2D eigenvalue weighted by atomic mass is 16.3. The highest BCUT2D eigenvalue weighted by Gasteiger charge is 2.32. The highest BCUT2D eigenvalue weighted by Crippen LogP contribution is 2.41. The van der Waals surface area contributed by atoms with Gasteiger partial charge in [0.25, 0.3) is 0 Å². The second kappa shape index (κ2) is 14.9. The standard InChI is InChI=1S/C44H50N4O/c1-10-39-36-19-15-14-18-35(36)37(22-20-29(2)26-31(4)49)42(46-39)30(3)28-48(9)41-24-25-45-32(5)43(41)47-40-23-21-34(27-38(40)44(6,7)8)33-16-12-11-13-17-33/h10-19,21,23-27,37,42,47,49H,1-3,20,22,28H2,4-9H3/b31-26+. The van der Waals surface area contributed by atoms with Crippen LogP contribution in [0.15, 0.2) is 139 Å².